The van der Waals surface area contributed by atoms with E-state index in [0.29, 0.717) is 11.8 Å². The molecule has 0 spiro atoms. The highest BCUT2D eigenvalue weighted by atomic mass is 16.2. The van der Waals surface area contributed by atoms with E-state index >= 15 is 0 Å². The van der Waals surface area contributed by atoms with Crippen LogP contribution in [0.2, 0.25) is 0 Å². The molecule has 0 bridgehead atoms. The maximum absolute atomic E-state index is 12.5. The summed E-state index contributed by atoms with van der Waals surface area (Å²) in [6.45, 7) is 0. The molecule has 3 nitrogen and oxygen atoms in total. The number of fused-ring (bicyclic) bond motifs is 1. The average molecular weight is 244 g/mol. The van der Waals surface area contributed by atoms with Crippen molar-refractivity contribution in [3.05, 3.63) is 24.3 Å². The number of rotatable bonds is 2. The van der Waals surface area contributed by atoms with E-state index < -0.39 is 0 Å². The fraction of sp³-hybridized carbons (Fsp3) is 0.533. The summed E-state index contributed by atoms with van der Waals surface area (Å²) in [5.41, 5.74) is 7.35. The van der Waals surface area contributed by atoms with Gasteiger partial charge in [-0.15, -0.1) is 0 Å². The van der Waals surface area contributed by atoms with Crippen LogP contribution >= 0.6 is 0 Å². The second kappa shape index (κ2) is 4.30. The Morgan fingerprint density at radius 3 is 2.28 bits per heavy atom. The fourth-order valence-corrected chi connectivity index (χ4v) is 3.41. The maximum Gasteiger partial charge on any atom is 0.230 e. The minimum atomic E-state index is 0.287. The summed E-state index contributed by atoms with van der Waals surface area (Å²) < 4.78 is 0. The zero-order valence-electron chi connectivity index (χ0n) is 10.8. The third-order valence-electron chi connectivity index (χ3n) is 4.55. The molecule has 2 aliphatic rings. The van der Waals surface area contributed by atoms with Gasteiger partial charge in [0.1, 0.15) is 0 Å². The quantitative estimate of drug-likeness (QED) is 0.813. The van der Waals surface area contributed by atoms with Crippen LogP contribution in [0.5, 0.6) is 0 Å². The number of hydrogen-bond acceptors (Lipinski definition) is 2. The lowest BCUT2D eigenvalue weighted by Crippen LogP contribution is -2.28. The van der Waals surface area contributed by atoms with Crippen LogP contribution in [0.15, 0.2) is 24.3 Å². The van der Waals surface area contributed by atoms with E-state index in [1.54, 1.807) is 4.90 Å². The van der Waals surface area contributed by atoms with Crippen molar-refractivity contribution in [2.45, 2.75) is 25.7 Å². The molecule has 2 aliphatic carbocycles. The lowest BCUT2D eigenvalue weighted by Gasteiger charge is -2.17. The highest BCUT2D eigenvalue weighted by molar-refractivity contribution is 5.96. The number of carbonyl (C=O) groups excluding carboxylic acids is 1. The largest absolute Gasteiger partial charge is 0.399 e. The Bertz CT molecular complexity index is 442. The van der Waals surface area contributed by atoms with Gasteiger partial charge in [-0.05, 0) is 48.9 Å². The van der Waals surface area contributed by atoms with Crippen LogP contribution < -0.4 is 10.6 Å². The van der Waals surface area contributed by atoms with Gasteiger partial charge in [-0.3, -0.25) is 4.79 Å². The SMILES string of the molecule is CN(C(=O)C1C2CCCCC21)c1ccc(N)cc1. The summed E-state index contributed by atoms with van der Waals surface area (Å²) in [4.78, 5) is 14.2. The standard InChI is InChI=1S/C15H20N2O/c1-17(11-8-6-10(16)7-9-11)15(18)14-12-4-2-3-5-13(12)14/h6-9,12-14H,2-5,16H2,1H3. The first-order valence-corrected chi connectivity index (χ1v) is 6.81. The Hall–Kier alpha value is -1.51. The molecule has 2 N–H and O–H groups in total. The van der Waals surface area contributed by atoms with Crippen molar-refractivity contribution in [2.24, 2.45) is 17.8 Å². The van der Waals surface area contributed by atoms with Crippen LogP contribution in [0.3, 0.4) is 0 Å². The van der Waals surface area contributed by atoms with Crippen LogP contribution in [-0.4, -0.2) is 13.0 Å². The Balaban J connectivity index is 1.71. The lowest BCUT2D eigenvalue weighted by atomic mass is 10.0. The van der Waals surface area contributed by atoms with E-state index in [4.69, 9.17) is 5.73 Å². The number of benzene rings is 1. The highest BCUT2D eigenvalue weighted by Crippen LogP contribution is 2.56. The number of nitrogens with zero attached hydrogens (tertiary/aromatic N) is 1. The molecule has 0 radical (unpaired) electrons. The van der Waals surface area contributed by atoms with E-state index in [1.807, 2.05) is 31.3 Å². The summed E-state index contributed by atoms with van der Waals surface area (Å²) >= 11 is 0. The minimum Gasteiger partial charge on any atom is -0.399 e. The van der Waals surface area contributed by atoms with E-state index in [2.05, 4.69) is 0 Å². The van der Waals surface area contributed by atoms with Crippen molar-refractivity contribution in [1.29, 1.82) is 0 Å². The first-order chi connectivity index (χ1) is 8.68. The van der Waals surface area contributed by atoms with Gasteiger partial charge < -0.3 is 10.6 Å². The van der Waals surface area contributed by atoms with Crippen molar-refractivity contribution in [3.8, 4) is 0 Å². The second-order valence-electron chi connectivity index (χ2n) is 5.63. The Labute approximate surface area is 108 Å². The molecule has 0 aliphatic heterocycles. The van der Waals surface area contributed by atoms with Gasteiger partial charge in [0.05, 0.1) is 0 Å². The number of nitrogens with two attached hydrogens (primary N) is 1. The molecule has 2 unspecified atom stereocenters. The summed E-state index contributed by atoms with van der Waals surface area (Å²) in [7, 11) is 1.87. The molecular formula is C15H20N2O. The first kappa shape index (κ1) is 11.6. The van der Waals surface area contributed by atoms with Gasteiger partial charge in [0.15, 0.2) is 0 Å². The van der Waals surface area contributed by atoms with Gasteiger partial charge in [0, 0.05) is 24.3 Å². The minimum absolute atomic E-state index is 0.287. The zero-order valence-corrected chi connectivity index (χ0v) is 10.8. The molecule has 2 saturated carbocycles. The normalized spacial score (nSPS) is 29.5. The average Bonchev–Trinajstić information content (AvgIpc) is 3.12. The Morgan fingerprint density at radius 2 is 1.72 bits per heavy atom. The molecule has 2 fully saturated rings. The van der Waals surface area contributed by atoms with Crippen LogP contribution in [-0.2, 0) is 4.79 Å². The monoisotopic (exact) mass is 244 g/mol. The predicted octanol–water partition coefficient (Wildman–Crippen LogP) is 2.67. The van der Waals surface area contributed by atoms with Crippen molar-refractivity contribution in [2.75, 3.05) is 17.7 Å². The molecule has 0 heterocycles. The molecule has 3 heteroatoms. The van der Waals surface area contributed by atoms with E-state index in [9.17, 15) is 4.79 Å². The van der Waals surface area contributed by atoms with E-state index in [-0.39, 0.29) is 11.8 Å². The maximum atomic E-state index is 12.5. The molecule has 0 saturated heterocycles. The third-order valence-corrected chi connectivity index (χ3v) is 4.55. The van der Waals surface area contributed by atoms with E-state index in [0.717, 1.165) is 11.4 Å². The molecule has 1 aromatic rings. The van der Waals surface area contributed by atoms with Gasteiger partial charge in [-0.2, -0.15) is 0 Å². The smallest absolute Gasteiger partial charge is 0.230 e. The van der Waals surface area contributed by atoms with E-state index in [1.165, 1.54) is 25.7 Å². The van der Waals surface area contributed by atoms with Crippen LogP contribution in [0.1, 0.15) is 25.7 Å². The first-order valence-electron chi connectivity index (χ1n) is 6.81. The molecule has 18 heavy (non-hydrogen) atoms. The van der Waals surface area contributed by atoms with Gasteiger partial charge in [0.2, 0.25) is 5.91 Å². The van der Waals surface area contributed by atoms with Gasteiger partial charge >= 0.3 is 0 Å². The molecule has 2 atom stereocenters. The molecule has 3 rings (SSSR count). The number of carbonyl (C=O) groups is 1. The second-order valence-corrected chi connectivity index (χ2v) is 5.63. The topological polar surface area (TPSA) is 46.3 Å². The van der Waals surface area contributed by atoms with Crippen LogP contribution in [0.25, 0.3) is 0 Å². The van der Waals surface area contributed by atoms with Crippen molar-refractivity contribution in [3.63, 3.8) is 0 Å². The number of anilines is 2. The summed E-state index contributed by atoms with van der Waals surface area (Å²) in [6.07, 6.45) is 5.10. The zero-order chi connectivity index (χ0) is 12.7. The summed E-state index contributed by atoms with van der Waals surface area (Å²) in [5.74, 6) is 1.91. The van der Waals surface area contributed by atoms with Crippen LogP contribution in [0, 0.1) is 17.8 Å². The molecule has 0 aromatic heterocycles. The Kier molecular flexibility index (Phi) is 2.77. The van der Waals surface area contributed by atoms with Gasteiger partial charge in [-0.1, -0.05) is 12.8 Å². The number of hydrogen-bond donors (Lipinski definition) is 1. The molecule has 1 amide bonds. The fourth-order valence-electron chi connectivity index (χ4n) is 3.41. The summed E-state index contributed by atoms with van der Waals surface area (Å²) in [6, 6.07) is 7.52. The molecular weight excluding hydrogens is 224 g/mol. The van der Waals surface area contributed by atoms with Crippen molar-refractivity contribution >= 4 is 17.3 Å². The number of nitrogen functional groups attached to an aromatic ring is 1. The third kappa shape index (κ3) is 1.88. The Morgan fingerprint density at radius 1 is 1.17 bits per heavy atom. The van der Waals surface area contributed by atoms with Gasteiger partial charge in [-0.25, -0.2) is 0 Å². The van der Waals surface area contributed by atoms with Crippen molar-refractivity contribution in [1.82, 2.24) is 0 Å². The summed E-state index contributed by atoms with van der Waals surface area (Å²) in [5, 5.41) is 0. The van der Waals surface area contributed by atoms with Crippen LogP contribution in [0.4, 0.5) is 11.4 Å². The van der Waals surface area contributed by atoms with Crippen molar-refractivity contribution < 1.29 is 4.79 Å². The number of amides is 1. The molecule has 1 aromatic carbocycles. The highest BCUT2D eigenvalue weighted by Gasteiger charge is 2.55. The molecule has 96 valence electrons. The van der Waals surface area contributed by atoms with Gasteiger partial charge in [0.25, 0.3) is 0 Å². The lowest BCUT2D eigenvalue weighted by molar-refractivity contribution is -0.120. The predicted molar refractivity (Wildman–Crippen MR) is 73.2 cm³/mol.